The number of anilines is 4. The maximum absolute atomic E-state index is 14.9. The number of aromatic nitrogens is 5. The average Bonchev–Trinajstić information content (AvgIpc) is 3.27. The molecule has 12 heteroatoms. The van der Waals surface area contributed by atoms with Gasteiger partial charge in [-0.15, -0.1) is 0 Å². The van der Waals surface area contributed by atoms with Crippen LogP contribution >= 0.6 is 0 Å². The van der Waals surface area contributed by atoms with Crippen molar-refractivity contribution < 1.29 is 9.13 Å². The topological polar surface area (TPSA) is 144 Å². The number of nitrogens with one attached hydrogen (secondary N) is 1. The van der Waals surface area contributed by atoms with Crippen molar-refractivity contribution >= 4 is 45.1 Å². The summed E-state index contributed by atoms with van der Waals surface area (Å²) in [6, 6.07) is 11.5. The molecule has 1 atom stereocenters. The predicted molar refractivity (Wildman–Crippen MR) is 141 cm³/mol. The van der Waals surface area contributed by atoms with Crippen LogP contribution in [-0.4, -0.2) is 58.0 Å². The van der Waals surface area contributed by atoms with Gasteiger partial charge in [-0.1, -0.05) is 12.1 Å². The van der Waals surface area contributed by atoms with Crippen LogP contribution in [0.25, 0.3) is 27.6 Å². The monoisotopic (exact) mass is 501 g/mol. The van der Waals surface area contributed by atoms with Gasteiger partial charge in [0.15, 0.2) is 11.5 Å². The lowest BCUT2D eigenvalue weighted by Gasteiger charge is -2.35. The van der Waals surface area contributed by atoms with Crippen molar-refractivity contribution in [3.05, 3.63) is 64.8 Å². The standard InChI is InChI=1S/C25H24FN9O2/c1-33-11-14(37-19-8-7-13(27)9-18(19)33)12-34(2)25-29-10-15-21-20(22(28)32-31-21)24(36)35(23(15)30-25)17-6-4-3-5-16(17)26/h3-10,14H,11-12,27H2,1-2H3,(H3,28,31,32)/t14-/m1/s1. The molecule has 1 aliphatic rings. The zero-order valence-electron chi connectivity index (χ0n) is 20.1. The van der Waals surface area contributed by atoms with Crippen molar-refractivity contribution in [2.75, 3.05) is 48.5 Å². The molecule has 5 aromatic rings. The van der Waals surface area contributed by atoms with Crippen molar-refractivity contribution in [2.45, 2.75) is 6.10 Å². The molecule has 0 spiro atoms. The van der Waals surface area contributed by atoms with Gasteiger partial charge in [-0.05, 0) is 30.3 Å². The summed E-state index contributed by atoms with van der Waals surface area (Å²) < 4.78 is 22.3. The Balaban J connectivity index is 1.42. The van der Waals surface area contributed by atoms with Crippen LogP contribution in [0.4, 0.5) is 27.5 Å². The van der Waals surface area contributed by atoms with Crippen LogP contribution in [0.5, 0.6) is 5.75 Å². The van der Waals surface area contributed by atoms with E-state index in [1.807, 2.05) is 31.1 Å². The number of fused-ring (bicyclic) bond motifs is 4. The molecule has 0 radical (unpaired) electrons. The van der Waals surface area contributed by atoms with E-state index in [0.29, 0.717) is 35.6 Å². The van der Waals surface area contributed by atoms with Gasteiger partial charge in [0.1, 0.15) is 23.1 Å². The van der Waals surface area contributed by atoms with Gasteiger partial charge < -0.3 is 26.0 Å². The Bertz CT molecular complexity index is 1730. The van der Waals surface area contributed by atoms with Gasteiger partial charge in [-0.2, -0.15) is 10.1 Å². The van der Waals surface area contributed by atoms with Crippen LogP contribution in [0, 0.1) is 5.82 Å². The molecule has 5 N–H and O–H groups in total. The number of rotatable bonds is 4. The summed E-state index contributed by atoms with van der Waals surface area (Å²) in [5.41, 5.74) is 13.6. The van der Waals surface area contributed by atoms with Crippen molar-refractivity contribution in [2.24, 2.45) is 0 Å². The maximum atomic E-state index is 14.9. The largest absolute Gasteiger partial charge is 0.485 e. The molecule has 0 saturated heterocycles. The molecule has 0 aliphatic carbocycles. The summed E-state index contributed by atoms with van der Waals surface area (Å²) in [6.07, 6.45) is 1.39. The zero-order valence-corrected chi connectivity index (χ0v) is 20.1. The average molecular weight is 502 g/mol. The minimum atomic E-state index is -0.571. The van der Waals surface area contributed by atoms with Gasteiger partial charge in [0, 0.05) is 26.0 Å². The van der Waals surface area contributed by atoms with Gasteiger partial charge in [-0.3, -0.25) is 14.5 Å². The Hall–Kier alpha value is -4.87. The van der Waals surface area contributed by atoms with Gasteiger partial charge >= 0.3 is 0 Å². The number of benzene rings is 2. The van der Waals surface area contributed by atoms with Crippen LogP contribution in [0.3, 0.4) is 0 Å². The van der Waals surface area contributed by atoms with Crippen molar-refractivity contribution in [3.8, 4) is 11.4 Å². The van der Waals surface area contributed by atoms with E-state index in [4.69, 9.17) is 21.2 Å². The van der Waals surface area contributed by atoms with Crippen molar-refractivity contribution in [1.29, 1.82) is 0 Å². The van der Waals surface area contributed by atoms with E-state index in [2.05, 4.69) is 20.1 Å². The number of H-pyrrole nitrogens is 1. The molecule has 4 heterocycles. The first-order valence-corrected chi connectivity index (χ1v) is 11.6. The van der Waals surface area contributed by atoms with Crippen LogP contribution in [0.15, 0.2) is 53.5 Å². The summed E-state index contributed by atoms with van der Waals surface area (Å²) in [6.45, 7) is 1.09. The van der Waals surface area contributed by atoms with Gasteiger partial charge in [0.2, 0.25) is 5.95 Å². The van der Waals surface area contributed by atoms with E-state index in [-0.39, 0.29) is 28.6 Å². The third-order valence-electron chi connectivity index (χ3n) is 6.53. The first-order chi connectivity index (χ1) is 17.8. The van der Waals surface area contributed by atoms with E-state index in [0.717, 1.165) is 11.4 Å². The van der Waals surface area contributed by atoms with E-state index in [1.54, 1.807) is 24.4 Å². The fraction of sp³-hybridized carbons (Fsp3) is 0.200. The first kappa shape index (κ1) is 22.6. The summed E-state index contributed by atoms with van der Waals surface area (Å²) in [5.74, 6) is 0.541. The number of pyridine rings is 1. The number of nitrogen functional groups attached to an aromatic ring is 2. The highest BCUT2D eigenvalue weighted by molar-refractivity contribution is 6.05. The van der Waals surface area contributed by atoms with Crippen LogP contribution < -0.4 is 31.6 Å². The molecule has 0 fully saturated rings. The number of ether oxygens (including phenoxy) is 1. The lowest BCUT2D eigenvalue weighted by Crippen LogP contribution is -2.44. The summed E-state index contributed by atoms with van der Waals surface area (Å²) in [5, 5.41) is 7.40. The normalized spacial score (nSPS) is 15.1. The molecule has 11 nitrogen and oxygen atoms in total. The number of nitrogens with zero attached hydrogens (tertiary/aromatic N) is 6. The highest BCUT2D eigenvalue weighted by Crippen LogP contribution is 2.34. The number of likely N-dealkylation sites (N-methyl/N-ethyl adjacent to an activating group) is 2. The van der Waals surface area contributed by atoms with E-state index in [9.17, 15) is 9.18 Å². The fourth-order valence-electron chi connectivity index (χ4n) is 4.76. The molecular weight excluding hydrogens is 477 g/mol. The Morgan fingerprint density at radius 2 is 2.03 bits per heavy atom. The van der Waals surface area contributed by atoms with E-state index >= 15 is 0 Å². The van der Waals surface area contributed by atoms with Gasteiger partial charge in [-0.25, -0.2) is 9.37 Å². The highest BCUT2D eigenvalue weighted by Gasteiger charge is 2.26. The molecule has 188 valence electrons. The summed E-state index contributed by atoms with van der Waals surface area (Å²) in [7, 11) is 3.82. The van der Waals surface area contributed by atoms with Crippen LogP contribution in [-0.2, 0) is 0 Å². The summed E-state index contributed by atoms with van der Waals surface area (Å²) in [4.78, 5) is 26.6. The molecule has 37 heavy (non-hydrogen) atoms. The second kappa shape index (κ2) is 8.36. The third-order valence-corrected chi connectivity index (χ3v) is 6.53. The Morgan fingerprint density at radius 3 is 2.84 bits per heavy atom. The zero-order chi connectivity index (χ0) is 25.8. The number of nitrogens with two attached hydrogens (primary N) is 2. The molecule has 0 bridgehead atoms. The second-order valence-electron chi connectivity index (χ2n) is 9.09. The molecule has 0 amide bonds. The number of para-hydroxylation sites is 1. The quantitative estimate of drug-likeness (QED) is 0.316. The van der Waals surface area contributed by atoms with E-state index < -0.39 is 11.4 Å². The molecule has 6 rings (SSSR count). The lowest BCUT2D eigenvalue weighted by atomic mass is 10.2. The van der Waals surface area contributed by atoms with Gasteiger partial charge in [0.05, 0.1) is 35.4 Å². The van der Waals surface area contributed by atoms with E-state index in [1.165, 1.54) is 16.7 Å². The lowest BCUT2D eigenvalue weighted by molar-refractivity contribution is 0.201. The minimum absolute atomic E-state index is 0.0220. The number of hydrogen-bond donors (Lipinski definition) is 3. The molecular formula is C25H24FN9O2. The molecule has 1 aliphatic heterocycles. The smallest absolute Gasteiger partial charge is 0.270 e. The third kappa shape index (κ3) is 3.64. The first-order valence-electron chi connectivity index (χ1n) is 11.6. The van der Waals surface area contributed by atoms with Crippen LogP contribution in [0.1, 0.15) is 0 Å². The minimum Gasteiger partial charge on any atom is -0.485 e. The maximum Gasteiger partial charge on any atom is 0.270 e. The Labute approximate surface area is 210 Å². The van der Waals surface area contributed by atoms with Crippen molar-refractivity contribution in [3.63, 3.8) is 0 Å². The molecule has 2 aromatic carbocycles. The number of halogens is 1. The summed E-state index contributed by atoms with van der Waals surface area (Å²) >= 11 is 0. The highest BCUT2D eigenvalue weighted by atomic mass is 19.1. The second-order valence-corrected chi connectivity index (χ2v) is 9.09. The Morgan fingerprint density at radius 1 is 1.22 bits per heavy atom. The SMILES string of the molecule is CN(C[C@H]1CN(C)c2cc(N)ccc2O1)c1ncc2c3[nH]nc(N)c3c(=O)n(-c3ccccc3F)c2n1. The number of aromatic amines is 1. The molecule has 0 saturated carbocycles. The number of hydrogen-bond acceptors (Lipinski definition) is 9. The molecule has 0 unspecified atom stereocenters. The van der Waals surface area contributed by atoms with Crippen LogP contribution in [0.2, 0.25) is 0 Å². The molecule has 3 aromatic heterocycles. The van der Waals surface area contributed by atoms with Gasteiger partial charge in [0.25, 0.3) is 5.56 Å². The predicted octanol–water partition coefficient (Wildman–Crippen LogP) is 2.29. The Kier molecular flexibility index (Phi) is 5.10. The fourth-order valence-corrected chi connectivity index (χ4v) is 4.76. The van der Waals surface area contributed by atoms with Crippen molar-refractivity contribution in [1.82, 2.24) is 24.7 Å².